The van der Waals surface area contributed by atoms with Gasteiger partial charge in [0.2, 0.25) is 0 Å². The van der Waals surface area contributed by atoms with Gasteiger partial charge in [0.15, 0.2) is 5.65 Å². The van der Waals surface area contributed by atoms with Crippen LogP contribution < -0.4 is 4.90 Å². The summed E-state index contributed by atoms with van der Waals surface area (Å²) < 4.78 is 34.6. The van der Waals surface area contributed by atoms with Crippen LogP contribution in [-0.2, 0) is 14.8 Å². The summed E-state index contributed by atoms with van der Waals surface area (Å²) in [7, 11) is -3.94. The molecule has 5 rings (SSSR count). The number of anilines is 1. The lowest BCUT2D eigenvalue weighted by atomic mass is 10.0. The fourth-order valence-corrected chi connectivity index (χ4v) is 6.39. The minimum Gasteiger partial charge on any atom is -0.444 e. The number of carbonyl (C=O) groups excluding carboxylic acids is 1. The maximum Gasteiger partial charge on any atom is 0.410 e. The summed E-state index contributed by atoms with van der Waals surface area (Å²) in [5.41, 5.74) is 2.26. The first-order chi connectivity index (χ1) is 18.9. The van der Waals surface area contributed by atoms with Crippen molar-refractivity contribution in [2.45, 2.75) is 64.1 Å². The smallest absolute Gasteiger partial charge is 0.410 e. The van der Waals surface area contributed by atoms with E-state index in [1.54, 1.807) is 35.4 Å². The Hall–Kier alpha value is -3.92. The number of hydrogen-bond donors (Lipinski definition) is 0. The van der Waals surface area contributed by atoms with Gasteiger partial charge < -0.3 is 14.5 Å². The van der Waals surface area contributed by atoms with E-state index in [4.69, 9.17) is 4.74 Å². The summed E-state index contributed by atoms with van der Waals surface area (Å²) in [5.74, 6) is 0.630. The predicted molar refractivity (Wildman–Crippen MR) is 156 cm³/mol. The molecule has 1 saturated heterocycles. The number of rotatable bonds is 4. The van der Waals surface area contributed by atoms with Crippen LogP contribution in [0.3, 0.4) is 0 Å². The number of hydrogen-bond acceptors (Lipinski definition) is 7. The van der Waals surface area contributed by atoms with Crippen LogP contribution in [0, 0.1) is 6.92 Å². The third-order valence-corrected chi connectivity index (χ3v) is 8.74. The van der Waals surface area contributed by atoms with E-state index in [2.05, 4.69) is 14.9 Å². The molecule has 10 heteroatoms. The van der Waals surface area contributed by atoms with Gasteiger partial charge in [-0.2, -0.15) is 0 Å². The van der Waals surface area contributed by atoms with Crippen LogP contribution in [0.15, 0.2) is 72.0 Å². The number of nitrogens with zero attached hydrogens (tertiary/aromatic N) is 5. The highest BCUT2D eigenvalue weighted by atomic mass is 32.2. The zero-order valence-corrected chi connectivity index (χ0v) is 24.5. The molecule has 0 aliphatic carbocycles. The van der Waals surface area contributed by atoms with Gasteiger partial charge in [0.1, 0.15) is 17.7 Å². The molecule has 1 aliphatic heterocycles. The van der Waals surface area contributed by atoms with Crippen molar-refractivity contribution < 1.29 is 17.9 Å². The maximum absolute atomic E-state index is 13.9. The molecule has 4 aromatic rings. The Morgan fingerprint density at radius 2 is 1.62 bits per heavy atom. The van der Waals surface area contributed by atoms with E-state index < -0.39 is 15.6 Å². The lowest BCUT2D eigenvalue weighted by Crippen LogP contribution is -2.59. The van der Waals surface area contributed by atoms with Crippen molar-refractivity contribution >= 4 is 33.0 Å². The highest BCUT2D eigenvalue weighted by Gasteiger charge is 2.37. The number of benzene rings is 2. The second-order valence-electron chi connectivity index (χ2n) is 11.4. The lowest BCUT2D eigenvalue weighted by molar-refractivity contribution is 0.0130. The number of ether oxygens (including phenoxy) is 1. The van der Waals surface area contributed by atoms with Gasteiger partial charge in [-0.1, -0.05) is 48.0 Å². The molecule has 3 heterocycles. The Kier molecular flexibility index (Phi) is 7.08. The maximum atomic E-state index is 13.9. The molecule has 2 unspecified atom stereocenters. The van der Waals surface area contributed by atoms with E-state index >= 15 is 0 Å². The van der Waals surface area contributed by atoms with Gasteiger partial charge in [-0.3, -0.25) is 0 Å². The van der Waals surface area contributed by atoms with Crippen LogP contribution >= 0.6 is 0 Å². The second-order valence-corrected chi connectivity index (χ2v) is 13.2. The molecular formula is C30H35N5O4S. The Labute approximate surface area is 235 Å². The van der Waals surface area contributed by atoms with Crippen molar-refractivity contribution in [3.05, 3.63) is 72.7 Å². The first-order valence-electron chi connectivity index (χ1n) is 13.4. The molecule has 1 aliphatic rings. The van der Waals surface area contributed by atoms with E-state index in [-0.39, 0.29) is 23.1 Å². The van der Waals surface area contributed by atoms with E-state index in [0.29, 0.717) is 29.9 Å². The summed E-state index contributed by atoms with van der Waals surface area (Å²) in [6, 6.07) is 16.2. The van der Waals surface area contributed by atoms with Crippen LogP contribution in [0.2, 0.25) is 0 Å². The molecular weight excluding hydrogens is 526 g/mol. The molecule has 0 bridgehead atoms. The van der Waals surface area contributed by atoms with Crippen molar-refractivity contribution in [3.63, 3.8) is 0 Å². The number of piperazine rings is 1. The third kappa shape index (κ3) is 5.15. The Bertz CT molecular complexity index is 1640. The topological polar surface area (TPSA) is 97.6 Å². The van der Waals surface area contributed by atoms with E-state index in [1.165, 1.54) is 10.3 Å². The molecule has 1 fully saturated rings. The molecule has 2 aromatic heterocycles. The van der Waals surface area contributed by atoms with E-state index in [9.17, 15) is 13.2 Å². The summed E-state index contributed by atoms with van der Waals surface area (Å²) in [6.07, 6.45) is 2.70. The standard InChI is InChI=1S/C30H35N5O4S/c1-20-12-14-24(15-13-20)40(37,38)35-18-25(23-10-8-7-9-11-23)26-27(31-19-32-28(26)35)33-16-22(3)34(17-21(33)2)29(36)39-30(4,5)6/h7-15,18-19,21-22H,16-17H2,1-6H3. The van der Waals surface area contributed by atoms with Gasteiger partial charge in [-0.15, -0.1) is 0 Å². The molecule has 0 saturated carbocycles. The highest BCUT2D eigenvalue weighted by Crippen LogP contribution is 2.38. The molecule has 9 nitrogen and oxygen atoms in total. The minimum atomic E-state index is -3.94. The molecule has 2 aromatic carbocycles. The number of carbonyl (C=O) groups is 1. The van der Waals surface area contributed by atoms with Crippen molar-refractivity contribution in [2.75, 3.05) is 18.0 Å². The molecule has 2 atom stereocenters. The SMILES string of the molecule is Cc1ccc(S(=O)(=O)n2cc(-c3ccccc3)c3c(N4CC(C)N(C(=O)OC(C)(C)C)CC4C)ncnc32)cc1. The van der Waals surface area contributed by atoms with Crippen molar-refractivity contribution in [2.24, 2.45) is 0 Å². The first kappa shape index (κ1) is 27.6. The fourth-order valence-electron chi connectivity index (χ4n) is 5.08. The van der Waals surface area contributed by atoms with Crippen LogP contribution in [0.5, 0.6) is 0 Å². The van der Waals surface area contributed by atoms with Crippen molar-refractivity contribution in [1.29, 1.82) is 0 Å². The van der Waals surface area contributed by atoms with Gasteiger partial charge in [-0.05, 0) is 59.2 Å². The molecule has 0 radical (unpaired) electrons. The number of aromatic nitrogens is 3. The Balaban J connectivity index is 1.63. The fraction of sp³-hybridized carbons (Fsp3) is 0.367. The van der Waals surface area contributed by atoms with Gasteiger partial charge >= 0.3 is 6.09 Å². The number of aryl methyl sites for hydroxylation is 1. The number of fused-ring (bicyclic) bond motifs is 1. The van der Waals surface area contributed by atoms with E-state index in [0.717, 1.165) is 16.7 Å². The predicted octanol–water partition coefficient (Wildman–Crippen LogP) is 5.48. The minimum absolute atomic E-state index is 0.109. The molecule has 0 spiro atoms. The average Bonchev–Trinajstić information content (AvgIpc) is 3.30. The summed E-state index contributed by atoms with van der Waals surface area (Å²) in [5, 5.41) is 0.647. The summed E-state index contributed by atoms with van der Waals surface area (Å²) in [4.78, 5) is 26.1. The lowest BCUT2D eigenvalue weighted by Gasteiger charge is -2.44. The van der Waals surface area contributed by atoms with Gasteiger partial charge in [-0.25, -0.2) is 27.2 Å². The van der Waals surface area contributed by atoms with Crippen LogP contribution in [-0.4, -0.2) is 64.1 Å². The molecule has 1 amide bonds. The number of amides is 1. The second kappa shape index (κ2) is 10.2. The normalized spacial score (nSPS) is 18.2. The molecule has 0 N–H and O–H groups in total. The zero-order chi connectivity index (χ0) is 28.8. The van der Waals surface area contributed by atoms with Crippen LogP contribution in [0.1, 0.15) is 40.2 Å². The quantitative estimate of drug-likeness (QED) is 0.326. The third-order valence-electron chi connectivity index (χ3n) is 7.08. The average molecular weight is 562 g/mol. The summed E-state index contributed by atoms with van der Waals surface area (Å²) in [6.45, 7) is 12.4. The van der Waals surface area contributed by atoms with Gasteiger partial charge in [0.05, 0.1) is 10.3 Å². The Morgan fingerprint density at radius 1 is 0.950 bits per heavy atom. The van der Waals surface area contributed by atoms with Gasteiger partial charge in [0.25, 0.3) is 10.0 Å². The molecule has 210 valence electrons. The van der Waals surface area contributed by atoms with Crippen molar-refractivity contribution in [1.82, 2.24) is 18.8 Å². The Morgan fingerprint density at radius 3 is 2.27 bits per heavy atom. The zero-order valence-electron chi connectivity index (χ0n) is 23.7. The van der Waals surface area contributed by atoms with Crippen molar-refractivity contribution in [3.8, 4) is 11.1 Å². The van der Waals surface area contributed by atoms with E-state index in [1.807, 2.05) is 71.9 Å². The largest absolute Gasteiger partial charge is 0.444 e. The van der Waals surface area contributed by atoms with Gasteiger partial charge in [0, 0.05) is 36.9 Å². The monoisotopic (exact) mass is 561 g/mol. The first-order valence-corrected chi connectivity index (χ1v) is 14.8. The highest BCUT2D eigenvalue weighted by molar-refractivity contribution is 7.90. The summed E-state index contributed by atoms with van der Waals surface area (Å²) >= 11 is 0. The van der Waals surface area contributed by atoms with Crippen LogP contribution in [0.25, 0.3) is 22.2 Å². The van der Waals surface area contributed by atoms with Crippen LogP contribution in [0.4, 0.5) is 10.6 Å². The molecule has 40 heavy (non-hydrogen) atoms.